The van der Waals surface area contributed by atoms with Crippen LogP contribution in [0.1, 0.15) is 31.9 Å². The van der Waals surface area contributed by atoms with Crippen LogP contribution in [0.25, 0.3) is 0 Å². The molecule has 110 valence electrons. The Bertz CT molecular complexity index is 595. The summed E-state index contributed by atoms with van der Waals surface area (Å²) in [6.45, 7) is 4.83. The summed E-state index contributed by atoms with van der Waals surface area (Å²) < 4.78 is 0. The van der Waals surface area contributed by atoms with E-state index in [-0.39, 0.29) is 5.84 Å². The van der Waals surface area contributed by atoms with E-state index < -0.39 is 0 Å². The standard InChI is InChI=1S/C16H21N5/c1-12(2)14-10-16(20-11-19-14)21(9-8-15(17)18)13-6-4-3-5-7-13/h3-7,10-12H,8-9H2,1-2H3,(H3,17,18). The van der Waals surface area contributed by atoms with Gasteiger partial charge in [-0.3, -0.25) is 5.41 Å². The molecule has 0 unspecified atom stereocenters. The third-order valence-electron chi connectivity index (χ3n) is 3.21. The number of aromatic nitrogens is 2. The molecular weight excluding hydrogens is 262 g/mol. The highest BCUT2D eigenvalue weighted by atomic mass is 15.2. The van der Waals surface area contributed by atoms with E-state index in [4.69, 9.17) is 11.1 Å². The molecule has 0 aliphatic carbocycles. The quantitative estimate of drug-likeness (QED) is 0.631. The number of anilines is 2. The lowest BCUT2D eigenvalue weighted by Gasteiger charge is -2.24. The Kier molecular flexibility index (Phi) is 4.87. The molecule has 1 heterocycles. The Hall–Kier alpha value is -2.43. The Labute approximate surface area is 125 Å². The molecule has 5 heteroatoms. The fourth-order valence-corrected chi connectivity index (χ4v) is 2.04. The Morgan fingerprint density at radius 1 is 1.24 bits per heavy atom. The third-order valence-corrected chi connectivity index (χ3v) is 3.21. The summed E-state index contributed by atoms with van der Waals surface area (Å²) >= 11 is 0. The minimum atomic E-state index is 0.175. The summed E-state index contributed by atoms with van der Waals surface area (Å²) in [6.07, 6.45) is 2.09. The molecule has 5 nitrogen and oxygen atoms in total. The van der Waals surface area contributed by atoms with Crippen LogP contribution in [0.4, 0.5) is 11.5 Å². The normalized spacial score (nSPS) is 10.6. The van der Waals surface area contributed by atoms with Gasteiger partial charge in [0, 0.05) is 30.4 Å². The van der Waals surface area contributed by atoms with Crippen LogP contribution in [0.15, 0.2) is 42.7 Å². The van der Waals surface area contributed by atoms with E-state index in [1.807, 2.05) is 36.4 Å². The van der Waals surface area contributed by atoms with Crippen molar-refractivity contribution in [2.45, 2.75) is 26.2 Å². The fourth-order valence-electron chi connectivity index (χ4n) is 2.04. The summed E-state index contributed by atoms with van der Waals surface area (Å²) in [4.78, 5) is 10.7. The molecular formula is C16H21N5. The number of nitrogens with two attached hydrogens (primary N) is 1. The van der Waals surface area contributed by atoms with Gasteiger partial charge >= 0.3 is 0 Å². The molecule has 0 atom stereocenters. The smallest absolute Gasteiger partial charge is 0.136 e. The summed E-state index contributed by atoms with van der Waals surface area (Å²) in [6, 6.07) is 12.0. The van der Waals surface area contributed by atoms with Gasteiger partial charge in [0.1, 0.15) is 12.1 Å². The minimum absolute atomic E-state index is 0.175. The SMILES string of the molecule is CC(C)c1cc(N(CCC(=N)N)c2ccccc2)ncn1. The first-order valence-electron chi connectivity index (χ1n) is 7.05. The third kappa shape index (κ3) is 4.02. The van der Waals surface area contributed by atoms with E-state index in [0.29, 0.717) is 18.9 Å². The van der Waals surface area contributed by atoms with Gasteiger partial charge in [-0.2, -0.15) is 0 Å². The van der Waals surface area contributed by atoms with Gasteiger partial charge < -0.3 is 10.6 Å². The Balaban J connectivity index is 2.35. The van der Waals surface area contributed by atoms with Crippen LogP contribution in [0.2, 0.25) is 0 Å². The van der Waals surface area contributed by atoms with Crippen LogP contribution in [0.3, 0.4) is 0 Å². The minimum Gasteiger partial charge on any atom is -0.388 e. The van der Waals surface area contributed by atoms with E-state index in [2.05, 4.69) is 28.7 Å². The molecule has 0 radical (unpaired) electrons. The second-order valence-electron chi connectivity index (χ2n) is 5.22. The summed E-state index contributed by atoms with van der Waals surface area (Å²) in [7, 11) is 0. The van der Waals surface area contributed by atoms with E-state index >= 15 is 0 Å². The summed E-state index contributed by atoms with van der Waals surface area (Å²) in [5.41, 5.74) is 7.54. The lowest BCUT2D eigenvalue weighted by atomic mass is 10.1. The van der Waals surface area contributed by atoms with E-state index in [1.54, 1.807) is 6.33 Å². The first-order valence-corrected chi connectivity index (χ1v) is 7.05. The zero-order chi connectivity index (χ0) is 15.2. The molecule has 2 aromatic rings. The summed E-state index contributed by atoms with van der Waals surface area (Å²) in [5.74, 6) is 1.35. The van der Waals surface area contributed by atoms with Crippen LogP contribution in [0, 0.1) is 5.41 Å². The van der Waals surface area contributed by atoms with E-state index in [9.17, 15) is 0 Å². The van der Waals surface area contributed by atoms with Crippen LogP contribution >= 0.6 is 0 Å². The van der Waals surface area contributed by atoms with Crippen molar-refractivity contribution in [1.82, 2.24) is 9.97 Å². The largest absolute Gasteiger partial charge is 0.388 e. The first-order chi connectivity index (χ1) is 10.1. The van der Waals surface area contributed by atoms with Crippen molar-refractivity contribution in [2.24, 2.45) is 5.73 Å². The highest BCUT2D eigenvalue weighted by molar-refractivity contribution is 5.78. The predicted octanol–water partition coefficient (Wildman–Crippen LogP) is 3.06. The molecule has 0 spiro atoms. The van der Waals surface area contributed by atoms with Crippen LogP contribution in [-0.2, 0) is 0 Å². The number of nitrogens with zero attached hydrogens (tertiary/aromatic N) is 3. The molecule has 0 saturated heterocycles. The number of para-hydroxylation sites is 1. The van der Waals surface area contributed by atoms with Gasteiger partial charge in [-0.25, -0.2) is 9.97 Å². The average molecular weight is 283 g/mol. The molecule has 0 aliphatic heterocycles. The molecule has 0 saturated carbocycles. The topological polar surface area (TPSA) is 78.9 Å². The molecule has 0 fully saturated rings. The highest BCUT2D eigenvalue weighted by Gasteiger charge is 2.13. The van der Waals surface area contributed by atoms with Crippen molar-refractivity contribution in [3.8, 4) is 0 Å². The van der Waals surface area contributed by atoms with Gasteiger partial charge in [-0.15, -0.1) is 0 Å². The van der Waals surface area contributed by atoms with Gasteiger partial charge in [0.15, 0.2) is 0 Å². The summed E-state index contributed by atoms with van der Waals surface area (Å²) in [5, 5.41) is 7.44. The Morgan fingerprint density at radius 2 is 1.95 bits per heavy atom. The highest BCUT2D eigenvalue weighted by Crippen LogP contribution is 2.25. The van der Waals surface area contributed by atoms with Crippen molar-refractivity contribution in [3.05, 3.63) is 48.4 Å². The van der Waals surface area contributed by atoms with Crippen molar-refractivity contribution < 1.29 is 0 Å². The maximum absolute atomic E-state index is 7.44. The maximum Gasteiger partial charge on any atom is 0.136 e. The first kappa shape index (κ1) is 15.0. The number of hydrogen-bond acceptors (Lipinski definition) is 4. The maximum atomic E-state index is 7.44. The molecule has 1 aromatic carbocycles. The monoisotopic (exact) mass is 283 g/mol. The van der Waals surface area contributed by atoms with Gasteiger partial charge in [0.25, 0.3) is 0 Å². The molecule has 0 aliphatic rings. The van der Waals surface area contributed by atoms with Crippen molar-refractivity contribution in [2.75, 3.05) is 11.4 Å². The fraction of sp³-hybridized carbons (Fsp3) is 0.312. The zero-order valence-electron chi connectivity index (χ0n) is 12.5. The van der Waals surface area contributed by atoms with Crippen molar-refractivity contribution in [1.29, 1.82) is 5.41 Å². The number of amidine groups is 1. The molecule has 3 N–H and O–H groups in total. The van der Waals surface area contributed by atoms with Crippen molar-refractivity contribution in [3.63, 3.8) is 0 Å². The molecule has 0 bridgehead atoms. The van der Waals surface area contributed by atoms with Gasteiger partial charge in [-0.05, 0) is 18.1 Å². The van der Waals surface area contributed by atoms with Crippen LogP contribution < -0.4 is 10.6 Å². The molecule has 0 amide bonds. The molecule has 21 heavy (non-hydrogen) atoms. The lowest BCUT2D eigenvalue weighted by Crippen LogP contribution is -2.24. The molecule has 2 rings (SSSR count). The van der Waals surface area contributed by atoms with E-state index in [0.717, 1.165) is 17.2 Å². The number of benzene rings is 1. The second kappa shape index (κ2) is 6.83. The Morgan fingerprint density at radius 3 is 2.57 bits per heavy atom. The van der Waals surface area contributed by atoms with Crippen LogP contribution in [0.5, 0.6) is 0 Å². The average Bonchev–Trinajstić information content (AvgIpc) is 2.48. The van der Waals surface area contributed by atoms with Gasteiger partial charge in [0.05, 0.1) is 5.84 Å². The number of nitrogens with one attached hydrogen (secondary N) is 1. The van der Waals surface area contributed by atoms with Gasteiger partial charge in [0.2, 0.25) is 0 Å². The zero-order valence-corrected chi connectivity index (χ0v) is 12.5. The second-order valence-corrected chi connectivity index (χ2v) is 5.22. The number of rotatable bonds is 6. The number of hydrogen-bond donors (Lipinski definition) is 2. The molecule has 1 aromatic heterocycles. The van der Waals surface area contributed by atoms with Crippen molar-refractivity contribution >= 4 is 17.3 Å². The lowest BCUT2D eigenvalue weighted by molar-refractivity contribution is 0.807. The van der Waals surface area contributed by atoms with E-state index in [1.165, 1.54) is 0 Å². The van der Waals surface area contributed by atoms with Gasteiger partial charge in [-0.1, -0.05) is 32.0 Å². The van der Waals surface area contributed by atoms with Crippen LogP contribution in [-0.4, -0.2) is 22.3 Å². The predicted molar refractivity (Wildman–Crippen MR) is 86.1 cm³/mol.